The summed E-state index contributed by atoms with van der Waals surface area (Å²) in [6, 6.07) is 12.1. The van der Waals surface area contributed by atoms with Crippen molar-refractivity contribution in [2.45, 2.75) is 11.8 Å². The molecule has 1 amide bonds. The molecule has 30 heavy (non-hydrogen) atoms. The van der Waals surface area contributed by atoms with E-state index < -0.39 is 21.9 Å². The Labute approximate surface area is 173 Å². The molecule has 156 valence electrons. The maximum atomic E-state index is 13.0. The van der Waals surface area contributed by atoms with Gasteiger partial charge in [-0.15, -0.1) is 0 Å². The minimum absolute atomic E-state index is 0.0123. The Balaban J connectivity index is 1.94. The summed E-state index contributed by atoms with van der Waals surface area (Å²) in [6.07, 6.45) is 1.26. The summed E-state index contributed by atoms with van der Waals surface area (Å²) in [7, 11) is -1.07. The number of aromatic carboxylic acids is 1. The number of benzene rings is 2. The Morgan fingerprint density at radius 1 is 1.13 bits per heavy atom. The second-order valence-electron chi connectivity index (χ2n) is 6.63. The molecule has 10 heteroatoms. The van der Waals surface area contributed by atoms with Crippen molar-refractivity contribution in [2.24, 2.45) is 7.05 Å². The molecule has 0 atom stereocenters. The number of anilines is 2. The topological polar surface area (TPSA) is 122 Å². The zero-order chi connectivity index (χ0) is 22.1. The molecule has 0 unspecified atom stereocenters. The molecule has 0 bridgehead atoms. The molecule has 0 aliphatic heterocycles. The molecule has 3 aromatic rings. The number of nitrogens with one attached hydrogen (secondary N) is 1. The van der Waals surface area contributed by atoms with Crippen molar-refractivity contribution < 1.29 is 23.1 Å². The predicted molar refractivity (Wildman–Crippen MR) is 111 cm³/mol. The molecule has 9 nitrogen and oxygen atoms in total. The summed E-state index contributed by atoms with van der Waals surface area (Å²) in [5, 5.41) is 15.7. The van der Waals surface area contributed by atoms with Crippen molar-refractivity contribution in [3.05, 3.63) is 71.4 Å². The van der Waals surface area contributed by atoms with Crippen LogP contribution in [0.3, 0.4) is 0 Å². The van der Waals surface area contributed by atoms with Gasteiger partial charge < -0.3 is 10.4 Å². The molecule has 1 heterocycles. The van der Waals surface area contributed by atoms with Crippen LogP contribution in [0.15, 0.2) is 59.6 Å². The minimum atomic E-state index is -3.93. The molecule has 0 saturated heterocycles. The maximum Gasteiger partial charge on any atom is 0.335 e. The molecule has 0 spiro atoms. The van der Waals surface area contributed by atoms with Crippen molar-refractivity contribution >= 4 is 33.4 Å². The number of rotatable bonds is 6. The van der Waals surface area contributed by atoms with Crippen molar-refractivity contribution in [2.75, 3.05) is 16.7 Å². The SMILES string of the molecule is Cc1ccc(S(=O)(=O)N(C)c2c(C(=O)Nc3cccc(C(=O)O)c3)cnn2C)cc1. The van der Waals surface area contributed by atoms with E-state index in [4.69, 9.17) is 5.11 Å². The molecular formula is C20H20N4O5S. The molecule has 0 aliphatic carbocycles. The zero-order valence-electron chi connectivity index (χ0n) is 16.5. The van der Waals surface area contributed by atoms with Gasteiger partial charge in [0.05, 0.1) is 16.7 Å². The third-order valence-corrected chi connectivity index (χ3v) is 6.26. The number of carbonyl (C=O) groups is 2. The van der Waals surface area contributed by atoms with Crippen LogP contribution in [0.1, 0.15) is 26.3 Å². The van der Waals surface area contributed by atoms with Gasteiger partial charge in [-0.1, -0.05) is 23.8 Å². The monoisotopic (exact) mass is 428 g/mol. The second kappa shape index (κ2) is 7.99. The maximum absolute atomic E-state index is 13.0. The Bertz CT molecular complexity index is 1220. The van der Waals surface area contributed by atoms with Crippen LogP contribution in [-0.2, 0) is 17.1 Å². The third-order valence-electron chi connectivity index (χ3n) is 4.50. The van der Waals surface area contributed by atoms with Crippen LogP contribution in [0.2, 0.25) is 0 Å². The number of amides is 1. The first-order valence-corrected chi connectivity index (χ1v) is 10.3. The van der Waals surface area contributed by atoms with E-state index >= 15 is 0 Å². The fourth-order valence-electron chi connectivity index (χ4n) is 2.88. The first-order valence-electron chi connectivity index (χ1n) is 8.83. The van der Waals surface area contributed by atoms with Crippen LogP contribution in [0.5, 0.6) is 0 Å². The number of aryl methyl sites for hydroxylation is 2. The predicted octanol–water partition coefficient (Wildman–Crippen LogP) is 2.50. The number of aromatic nitrogens is 2. The van der Waals surface area contributed by atoms with E-state index in [0.717, 1.165) is 9.87 Å². The number of carboxylic acid groups (broad SMARTS) is 1. The molecule has 0 radical (unpaired) electrons. The quantitative estimate of drug-likeness (QED) is 0.622. The minimum Gasteiger partial charge on any atom is -0.478 e. The van der Waals surface area contributed by atoms with Crippen LogP contribution < -0.4 is 9.62 Å². The highest BCUT2D eigenvalue weighted by Gasteiger charge is 2.28. The second-order valence-corrected chi connectivity index (χ2v) is 8.60. The van der Waals surface area contributed by atoms with E-state index in [9.17, 15) is 18.0 Å². The van der Waals surface area contributed by atoms with Gasteiger partial charge in [-0.2, -0.15) is 5.10 Å². The average Bonchev–Trinajstić information content (AvgIpc) is 3.09. The van der Waals surface area contributed by atoms with Crippen molar-refractivity contribution in [3.63, 3.8) is 0 Å². The van der Waals surface area contributed by atoms with Crippen LogP contribution in [0, 0.1) is 6.92 Å². The fraction of sp³-hybridized carbons (Fsp3) is 0.150. The summed E-state index contributed by atoms with van der Waals surface area (Å²) in [4.78, 5) is 24.0. The van der Waals surface area contributed by atoms with E-state index in [1.54, 1.807) is 12.1 Å². The van der Waals surface area contributed by atoms with E-state index in [1.807, 2.05) is 6.92 Å². The normalized spacial score (nSPS) is 11.2. The van der Waals surface area contributed by atoms with E-state index in [0.29, 0.717) is 0 Å². The van der Waals surface area contributed by atoms with Crippen molar-refractivity contribution in [1.82, 2.24) is 9.78 Å². The molecule has 0 fully saturated rings. The zero-order valence-corrected chi connectivity index (χ0v) is 17.3. The standard InChI is InChI=1S/C20H20N4O5S/c1-13-7-9-16(10-8-13)30(28,29)24(3)19-17(12-21-23(19)2)18(25)22-15-6-4-5-14(11-15)20(26)27/h4-12H,1-3H3,(H,22,25)(H,26,27). The summed E-state index contributed by atoms with van der Waals surface area (Å²) >= 11 is 0. The van der Waals surface area contributed by atoms with Crippen molar-refractivity contribution in [1.29, 1.82) is 0 Å². The fourth-order valence-corrected chi connectivity index (χ4v) is 4.12. The lowest BCUT2D eigenvalue weighted by Crippen LogP contribution is -2.30. The van der Waals surface area contributed by atoms with Gasteiger partial charge in [-0.25, -0.2) is 13.2 Å². The third kappa shape index (κ3) is 4.03. The van der Waals surface area contributed by atoms with E-state index in [-0.39, 0.29) is 27.5 Å². The highest BCUT2D eigenvalue weighted by molar-refractivity contribution is 7.92. The van der Waals surface area contributed by atoms with Gasteiger partial charge in [0, 0.05) is 19.8 Å². The molecule has 0 aliphatic rings. The van der Waals surface area contributed by atoms with Gasteiger partial charge in [0.25, 0.3) is 15.9 Å². The molecule has 0 saturated carbocycles. The lowest BCUT2D eigenvalue weighted by atomic mass is 10.2. The van der Waals surface area contributed by atoms with Crippen LogP contribution >= 0.6 is 0 Å². The molecule has 2 aromatic carbocycles. The highest BCUT2D eigenvalue weighted by Crippen LogP contribution is 2.26. The number of carboxylic acids is 1. The van der Waals surface area contributed by atoms with Gasteiger partial charge in [0.2, 0.25) is 0 Å². The Morgan fingerprint density at radius 2 is 1.80 bits per heavy atom. The summed E-state index contributed by atoms with van der Waals surface area (Å²) < 4.78 is 28.3. The van der Waals surface area contributed by atoms with Gasteiger partial charge >= 0.3 is 5.97 Å². The first kappa shape index (κ1) is 21.1. The lowest BCUT2D eigenvalue weighted by Gasteiger charge is -2.21. The number of hydrogen-bond acceptors (Lipinski definition) is 5. The first-order chi connectivity index (χ1) is 14.1. The van der Waals surface area contributed by atoms with Gasteiger partial charge in [-0.3, -0.25) is 13.8 Å². The average molecular weight is 428 g/mol. The van der Waals surface area contributed by atoms with Crippen molar-refractivity contribution in [3.8, 4) is 0 Å². The number of nitrogens with zero attached hydrogens (tertiary/aromatic N) is 3. The van der Waals surface area contributed by atoms with Crippen LogP contribution in [-0.4, -0.2) is 42.2 Å². The Kier molecular flexibility index (Phi) is 5.61. The number of sulfonamides is 1. The van der Waals surface area contributed by atoms with Crippen LogP contribution in [0.25, 0.3) is 0 Å². The summed E-state index contributed by atoms with van der Waals surface area (Å²) in [6.45, 7) is 1.85. The highest BCUT2D eigenvalue weighted by atomic mass is 32.2. The van der Waals surface area contributed by atoms with E-state index in [2.05, 4.69) is 10.4 Å². The van der Waals surface area contributed by atoms with Gasteiger partial charge in [0.1, 0.15) is 5.56 Å². The molecule has 3 rings (SSSR count). The van der Waals surface area contributed by atoms with Gasteiger partial charge in [-0.05, 0) is 37.3 Å². The van der Waals surface area contributed by atoms with Crippen LogP contribution in [0.4, 0.5) is 11.5 Å². The van der Waals surface area contributed by atoms with Gasteiger partial charge in [0.15, 0.2) is 5.82 Å². The Morgan fingerprint density at radius 3 is 2.43 bits per heavy atom. The number of hydrogen-bond donors (Lipinski definition) is 2. The molecule has 2 N–H and O–H groups in total. The number of carbonyl (C=O) groups excluding carboxylic acids is 1. The molecule has 1 aromatic heterocycles. The smallest absolute Gasteiger partial charge is 0.335 e. The molecular weight excluding hydrogens is 408 g/mol. The Hall–Kier alpha value is -3.66. The van der Waals surface area contributed by atoms with E-state index in [1.165, 1.54) is 61.4 Å². The lowest BCUT2D eigenvalue weighted by molar-refractivity contribution is 0.0696. The summed E-state index contributed by atoms with van der Waals surface area (Å²) in [5.74, 6) is -1.67. The summed E-state index contributed by atoms with van der Waals surface area (Å²) in [5.41, 5.74) is 1.22. The largest absolute Gasteiger partial charge is 0.478 e.